The van der Waals surface area contributed by atoms with E-state index in [0.29, 0.717) is 5.16 Å². The second kappa shape index (κ2) is 7.27. The molecule has 1 atom stereocenters. The fourth-order valence-electron chi connectivity index (χ4n) is 2.30. The first-order valence-electron chi connectivity index (χ1n) is 7.44. The van der Waals surface area contributed by atoms with Crippen LogP contribution >= 0.6 is 11.8 Å². The van der Waals surface area contributed by atoms with Gasteiger partial charge in [-0.3, -0.25) is 0 Å². The molecule has 1 N–H and O–H groups in total. The zero-order valence-electron chi connectivity index (χ0n) is 13.0. The monoisotopic (exact) mass is 340 g/mol. The van der Waals surface area contributed by atoms with Gasteiger partial charge in [0.2, 0.25) is 5.16 Å². The van der Waals surface area contributed by atoms with Crippen LogP contribution in [0.1, 0.15) is 29.3 Å². The molecule has 0 aliphatic carbocycles. The van der Waals surface area contributed by atoms with Gasteiger partial charge in [0.25, 0.3) is 0 Å². The van der Waals surface area contributed by atoms with Crippen molar-refractivity contribution in [2.45, 2.75) is 23.4 Å². The Hall–Kier alpha value is -2.67. The number of carboxylic acids is 1. The highest BCUT2D eigenvalue weighted by Crippen LogP contribution is 2.39. The lowest BCUT2D eigenvalue weighted by atomic mass is 10.0. The molecule has 3 rings (SSSR count). The molecule has 1 unspecified atom stereocenters. The average Bonchev–Trinajstić information content (AvgIpc) is 3.08. The Labute approximate surface area is 143 Å². The number of thioether (sulfide) groups is 1. The van der Waals surface area contributed by atoms with E-state index in [1.807, 2.05) is 60.7 Å². The first-order chi connectivity index (χ1) is 11.7. The molecule has 0 radical (unpaired) electrons. The molecule has 0 bridgehead atoms. The number of aromatic nitrogens is 4. The number of carboxylic acid groups (broad SMARTS) is 1. The highest BCUT2D eigenvalue weighted by molar-refractivity contribution is 7.99. The lowest BCUT2D eigenvalue weighted by molar-refractivity contribution is -0.140. The number of hydrogen-bond donors (Lipinski definition) is 1. The van der Waals surface area contributed by atoms with Crippen molar-refractivity contribution < 1.29 is 9.90 Å². The van der Waals surface area contributed by atoms with E-state index >= 15 is 0 Å². The van der Waals surface area contributed by atoms with Crippen molar-refractivity contribution >= 4 is 17.7 Å². The summed E-state index contributed by atoms with van der Waals surface area (Å²) in [6.07, 6.45) is 0. The largest absolute Gasteiger partial charge is 0.480 e. The minimum absolute atomic E-state index is 0.0295. The van der Waals surface area contributed by atoms with Gasteiger partial charge in [0, 0.05) is 0 Å². The van der Waals surface area contributed by atoms with Gasteiger partial charge in [-0.15, -0.1) is 5.10 Å². The maximum atomic E-state index is 11.3. The molecule has 0 fully saturated rings. The molecule has 0 aliphatic rings. The van der Waals surface area contributed by atoms with Crippen LogP contribution in [-0.4, -0.2) is 31.3 Å². The van der Waals surface area contributed by atoms with Crippen LogP contribution in [0.25, 0.3) is 0 Å². The SMILES string of the molecule is CC(C(=O)O)n1nnnc1SC(c1ccccc1)c1ccccc1. The van der Waals surface area contributed by atoms with Crippen molar-refractivity contribution in [1.29, 1.82) is 0 Å². The maximum Gasteiger partial charge on any atom is 0.328 e. The molecule has 7 heteroatoms. The van der Waals surface area contributed by atoms with E-state index in [4.69, 9.17) is 0 Å². The summed E-state index contributed by atoms with van der Waals surface area (Å²) < 4.78 is 1.34. The van der Waals surface area contributed by atoms with Crippen molar-refractivity contribution in [3.05, 3.63) is 71.8 Å². The molecule has 1 aromatic heterocycles. The van der Waals surface area contributed by atoms with Crippen molar-refractivity contribution in [2.24, 2.45) is 0 Å². The van der Waals surface area contributed by atoms with Crippen LogP contribution in [0.5, 0.6) is 0 Å². The van der Waals surface area contributed by atoms with Gasteiger partial charge in [-0.05, 0) is 28.5 Å². The lowest BCUT2D eigenvalue weighted by Crippen LogP contribution is -2.18. The number of carbonyl (C=O) groups is 1. The average molecular weight is 340 g/mol. The van der Waals surface area contributed by atoms with Gasteiger partial charge in [0.1, 0.15) is 0 Å². The summed E-state index contributed by atoms with van der Waals surface area (Å²) in [6, 6.07) is 19.2. The van der Waals surface area contributed by atoms with Crippen molar-refractivity contribution in [3.63, 3.8) is 0 Å². The second-order valence-corrected chi connectivity index (χ2v) is 6.31. The number of aliphatic carboxylic acids is 1. The molecule has 0 amide bonds. The Morgan fingerprint density at radius 2 is 1.58 bits per heavy atom. The van der Waals surface area contributed by atoms with E-state index in [9.17, 15) is 9.90 Å². The Balaban J connectivity index is 1.97. The van der Waals surface area contributed by atoms with E-state index in [2.05, 4.69) is 15.5 Å². The van der Waals surface area contributed by atoms with Gasteiger partial charge in [0.05, 0.1) is 5.25 Å². The molecule has 6 nitrogen and oxygen atoms in total. The number of hydrogen-bond acceptors (Lipinski definition) is 5. The predicted octanol–water partition coefficient (Wildman–Crippen LogP) is 3.20. The van der Waals surface area contributed by atoms with Crippen molar-refractivity contribution in [1.82, 2.24) is 20.2 Å². The smallest absolute Gasteiger partial charge is 0.328 e. The predicted molar refractivity (Wildman–Crippen MR) is 90.7 cm³/mol. The Morgan fingerprint density at radius 3 is 2.08 bits per heavy atom. The summed E-state index contributed by atoms with van der Waals surface area (Å²) in [5.74, 6) is -0.972. The third kappa shape index (κ3) is 3.46. The molecule has 24 heavy (non-hydrogen) atoms. The van der Waals surface area contributed by atoms with Gasteiger partial charge in [-0.1, -0.05) is 72.4 Å². The van der Waals surface area contributed by atoms with E-state index in [1.165, 1.54) is 16.4 Å². The van der Waals surface area contributed by atoms with Gasteiger partial charge in [-0.25, -0.2) is 9.48 Å². The first kappa shape index (κ1) is 16.2. The van der Waals surface area contributed by atoms with Gasteiger partial charge >= 0.3 is 5.97 Å². The third-order valence-electron chi connectivity index (χ3n) is 3.61. The summed E-state index contributed by atoms with van der Waals surface area (Å²) in [6.45, 7) is 1.56. The molecule has 1 heterocycles. The molecule has 3 aromatic rings. The van der Waals surface area contributed by atoms with Crippen LogP contribution in [-0.2, 0) is 4.79 Å². The van der Waals surface area contributed by atoms with Crippen LogP contribution in [0.4, 0.5) is 0 Å². The summed E-state index contributed by atoms with van der Waals surface area (Å²) >= 11 is 1.44. The van der Waals surface area contributed by atoms with Crippen LogP contribution in [0.3, 0.4) is 0 Å². The minimum atomic E-state index is -0.972. The third-order valence-corrected chi connectivity index (χ3v) is 4.87. The highest BCUT2D eigenvalue weighted by Gasteiger charge is 2.24. The van der Waals surface area contributed by atoms with Crippen molar-refractivity contribution in [3.8, 4) is 0 Å². The van der Waals surface area contributed by atoms with Crippen LogP contribution in [0.2, 0.25) is 0 Å². The molecule has 0 saturated carbocycles. The van der Waals surface area contributed by atoms with Crippen LogP contribution in [0.15, 0.2) is 65.8 Å². The molecule has 0 spiro atoms. The summed E-state index contributed by atoms with van der Waals surface area (Å²) in [4.78, 5) is 11.3. The normalized spacial score (nSPS) is 12.2. The molecular weight excluding hydrogens is 324 g/mol. The Morgan fingerprint density at radius 1 is 1.04 bits per heavy atom. The summed E-state index contributed by atoms with van der Waals surface area (Å²) in [5, 5.41) is 21.2. The second-order valence-electron chi connectivity index (χ2n) is 5.24. The van der Waals surface area contributed by atoms with Crippen LogP contribution in [0, 0.1) is 0 Å². The summed E-state index contributed by atoms with van der Waals surface area (Å²) in [7, 11) is 0. The van der Waals surface area contributed by atoms with E-state index in [1.54, 1.807) is 6.92 Å². The fourth-order valence-corrected chi connectivity index (χ4v) is 3.48. The van der Waals surface area contributed by atoms with Gasteiger partial charge in [0.15, 0.2) is 6.04 Å². The van der Waals surface area contributed by atoms with Crippen molar-refractivity contribution in [2.75, 3.05) is 0 Å². The zero-order chi connectivity index (χ0) is 16.9. The standard InChI is InChI=1S/C17H16N4O2S/c1-12(16(22)23)21-17(18-19-20-21)24-15(13-8-4-2-5-9-13)14-10-6-3-7-11-14/h2-12,15H,1H3,(H,22,23). The fraction of sp³-hybridized carbons (Fsp3) is 0.176. The van der Waals surface area contributed by atoms with E-state index in [0.717, 1.165) is 11.1 Å². The highest BCUT2D eigenvalue weighted by atomic mass is 32.2. The number of nitrogens with zero attached hydrogens (tertiary/aromatic N) is 4. The number of rotatable bonds is 6. The van der Waals surface area contributed by atoms with Gasteiger partial charge < -0.3 is 5.11 Å². The van der Waals surface area contributed by atoms with Crippen LogP contribution < -0.4 is 0 Å². The maximum absolute atomic E-state index is 11.3. The number of tetrazole rings is 1. The summed E-state index contributed by atoms with van der Waals surface area (Å²) in [5.41, 5.74) is 2.21. The molecule has 0 saturated heterocycles. The number of benzene rings is 2. The molecular formula is C17H16N4O2S. The molecule has 2 aromatic carbocycles. The Bertz CT molecular complexity index is 768. The quantitative estimate of drug-likeness (QED) is 0.694. The Kier molecular flexibility index (Phi) is 4.90. The molecule has 0 aliphatic heterocycles. The topological polar surface area (TPSA) is 80.9 Å². The van der Waals surface area contributed by atoms with E-state index in [-0.39, 0.29) is 5.25 Å². The van der Waals surface area contributed by atoms with E-state index < -0.39 is 12.0 Å². The first-order valence-corrected chi connectivity index (χ1v) is 8.32. The lowest BCUT2D eigenvalue weighted by Gasteiger charge is -2.17. The molecule has 122 valence electrons. The minimum Gasteiger partial charge on any atom is -0.480 e. The zero-order valence-corrected chi connectivity index (χ0v) is 13.8. The van der Waals surface area contributed by atoms with Gasteiger partial charge in [-0.2, -0.15) is 0 Å².